The predicted octanol–water partition coefficient (Wildman–Crippen LogP) is 2.51. The Morgan fingerprint density at radius 3 is 2.36 bits per heavy atom. The van der Waals surface area contributed by atoms with Crippen LogP contribution in [0.5, 0.6) is 0 Å². The van der Waals surface area contributed by atoms with E-state index >= 15 is 0 Å². The first-order valence-electron chi connectivity index (χ1n) is 7.39. The van der Waals surface area contributed by atoms with E-state index in [1.165, 1.54) is 18.6 Å². The summed E-state index contributed by atoms with van der Waals surface area (Å²) in [4.78, 5) is 27.3. The molecule has 0 aliphatic carbocycles. The van der Waals surface area contributed by atoms with Gasteiger partial charge in [-0.25, -0.2) is 9.97 Å². The van der Waals surface area contributed by atoms with Gasteiger partial charge < -0.3 is 9.80 Å². The van der Waals surface area contributed by atoms with Crippen molar-refractivity contribution in [3.63, 3.8) is 0 Å². The second-order valence-corrected chi connectivity index (χ2v) is 5.80. The Kier molecular flexibility index (Phi) is 4.76. The molecule has 132 valence electrons. The molecule has 0 bridgehead atoms. The van der Waals surface area contributed by atoms with Gasteiger partial charge in [-0.3, -0.25) is 9.78 Å². The topological polar surface area (TPSA) is 62.2 Å². The molecule has 2 aromatic heterocycles. The van der Waals surface area contributed by atoms with E-state index in [1.807, 2.05) is 0 Å². The van der Waals surface area contributed by atoms with Crippen molar-refractivity contribution in [3.05, 3.63) is 47.1 Å². The van der Waals surface area contributed by atoms with E-state index in [-0.39, 0.29) is 22.4 Å². The number of pyridine rings is 1. The minimum absolute atomic E-state index is 0.0662. The van der Waals surface area contributed by atoms with Gasteiger partial charge in [0.15, 0.2) is 0 Å². The maximum absolute atomic E-state index is 12.7. The van der Waals surface area contributed by atoms with E-state index in [0.717, 1.165) is 12.3 Å². The Balaban J connectivity index is 1.67. The highest BCUT2D eigenvalue weighted by atomic mass is 35.5. The number of nitrogens with zero attached hydrogens (tertiary/aromatic N) is 5. The van der Waals surface area contributed by atoms with E-state index in [4.69, 9.17) is 11.6 Å². The van der Waals surface area contributed by atoms with E-state index in [1.54, 1.807) is 9.80 Å². The normalized spacial score (nSPS) is 15.4. The highest BCUT2D eigenvalue weighted by molar-refractivity contribution is 6.33. The molecule has 0 N–H and O–H groups in total. The second kappa shape index (κ2) is 6.83. The summed E-state index contributed by atoms with van der Waals surface area (Å²) in [5.41, 5.74) is -0.639. The number of anilines is 1. The molecule has 10 heteroatoms. The first kappa shape index (κ1) is 17.4. The monoisotopic (exact) mass is 371 g/mol. The van der Waals surface area contributed by atoms with Gasteiger partial charge in [-0.15, -0.1) is 0 Å². The maximum Gasteiger partial charge on any atom is 0.417 e. The van der Waals surface area contributed by atoms with Crippen LogP contribution in [-0.4, -0.2) is 51.9 Å². The number of carbonyl (C=O) groups excluding carboxylic acids is 1. The van der Waals surface area contributed by atoms with Crippen LogP contribution in [0.4, 0.5) is 19.0 Å². The third kappa shape index (κ3) is 3.81. The summed E-state index contributed by atoms with van der Waals surface area (Å²) < 4.78 is 38.0. The van der Waals surface area contributed by atoms with Crippen molar-refractivity contribution in [2.24, 2.45) is 0 Å². The Morgan fingerprint density at radius 1 is 1.08 bits per heavy atom. The van der Waals surface area contributed by atoms with Gasteiger partial charge in [0.2, 0.25) is 0 Å². The molecular weight excluding hydrogens is 359 g/mol. The zero-order valence-corrected chi connectivity index (χ0v) is 13.6. The molecule has 3 rings (SSSR count). The van der Waals surface area contributed by atoms with Crippen molar-refractivity contribution < 1.29 is 18.0 Å². The average molecular weight is 372 g/mol. The fourth-order valence-corrected chi connectivity index (χ4v) is 2.80. The minimum Gasteiger partial charge on any atom is -0.352 e. The lowest BCUT2D eigenvalue weighted by atomic mass is 10.2. The van der Waals surface area contributed by atoms with Crippen molar-refractivity contribution in [1.29, 1.82) is 0 Å². The van der Waals surface area contributed by atoms with Crippen LogP contribution in [-0.2, 0) is 6.18 Å². The lowest BCUT2D eigenvalue weighted by Gasteiger charge is -2.35. The highest BCUT2D eigenvalue weighted by Crippen LogP contribution is 2.33. The number of alkyl halides is 3. The smallest absolute Gasteiger partial charge is 0.352 e. The number of hydrogen-bond donors (Lipinski definition) is 0. The molecule has 1 saturated heterocycles. The number of amides is 1. The number of halogens is 4. The molecule has 0 atom stereocenters. The lowest BCUT2D eigenvalue weighted by molar-refractivity contribution is -0.137. The Bertz CT molecular complexity index is 764. The summed E-state index contributed by atoms with van der Waals surface area (Å²) in [7, 11) is 0. The van der Waals surface area contributed by atoms with Crippen LogP contribution < -0.4 is 4.90 Å². The van der Waals surface area contributed by atoms with Crippen LogP contribution in [0.2, 0.25) is 5.02 Å². The predicted molar refractivity (Wildman–Crippen MR) is 84.4 cm³/mol. The van der Waals surface area contributed by atoms with E-state index in [9.17, 15) is 18.0 Å². The van der Waals surface area contributed by atoms with Gasteiger partial charge in [-0.2, -0.15) is 13.2 Å². The summed E-state index contributed by atoms with van der Waals surface area (Å²) in [5, 5.41) is -0.0662. The highest BCUT2D eigenvalue weighted by Gasteiger charge is 2.32. The van der Waals surface area contributed by atoms with Crippen molar-refractivity contribution in [2.75, 3.05) is 31.1 Å². The van der Waals surface area contributed by atoms with Crippen molar-refractivity contribution in [1.82, 2.24) is 19.9 Å². The molecule has 1 aliphatic rings. The number of hydrogen-bond acceptors (Lipinski definition) is 5. The minimum atomic E-state index is -4.49. The third-order valence-electron chi connectivity index (χ3n) is 3.80. The standard InChI is InChI=1S/C15H13ClF3N5O/c16-11-7-10(15(17,18)19)8-22-13(11)23-3-5-24(6-4-23)14(25)12-9-20-1-2-21-12/h1-2,7-9H,3-6H2. The summed E-state index contributed by atoms with van der Waals surface area (Å²) in [6, 6.07) is 0.862. The summed E-state index contributed by atoms with van der Waals surface area (Å²) in [5.74, 6) is 0.0421. The zero-order chi connectivity index (χ0) is 18.0. The van der Waals surface area contributed by atoms with Crippen LogP contribution in [0.3, 0.4) is 0 Å². The summed E-state index contributed by atoms with van der Waals surface area (Å²) in [6.07, 6.45) is 0.584. The molecule has 1 amide bonds. The van der Waals surface area contributed by atoms with Gasteiger partial charge in [0.25, 0.3) is 5.91 Å². The van der Waals surface area contributed by atoms with Gasteiger partial charge in [0, 0.05) is 44.8 Å². The largest absolute Gasteiger partial charge is 0.417 e. The molecule has 1 fully saturated rings. The first-order chi connectivity index (χ1) is 11.9. The van der Waals surface area contributed by atoms with Gasteiger partial charge in [0.05, 0.1) is 16.8 Å². The van der Waals surface area contributed by atoms with Crippen LogP contribution >= 0.6 is 11.6 Å². The van der Waals surface area contributed by atoms with Crippen LogP contribution in [0.25, 0.3) is 0 Å². The molecular formula is C15H13ClF3N5O. The molecule has 0 radical (unpaired) electrons. The lowest BCUT2D eigenvalue weighted by Crippen LogP contribution is -2.49. The Hall–Kier alpha value is -2.42. The van der Waals surface area contributed by atoms with Gasteiger partial charge in [-0.1, -0.05) is 11.6 Å². The number of piperazine rings is 1. The maximum atomic E-state index is 12.7. The zero-order valence-electron chi connectivity index (χ0n) is 12.9. The van der Waals surface area contributed by atoms with Gasteiger partial charge in [-0.05, 0) is 6.07 Å². The molecule has 25 heavy (non-hydrogen) atoms. The van der Waals surface area contributed by atoms with Crippen LogP contribution in [0, 0.1) is 0 Å². The SMILES string of the molecule is O=C(c1cnccn1)N1CCN(c2ncc(C(F)(F)F)cc2Cl)CC1. The Morgan fingerprint density at radius 2 is 1.80 bits per heavy atom. The molecule has 0 aromatic carbocycles. The van der Waals surface area contributed by atoms with Crippen molar-refractivity contribution >= 4 is 23.3 Å². The van der Waals surface area contributed by atoms with Crippen LogP contribution in [0.15, 0.2) is 30.9 Å². The molecule has 0 unspecified atom stereocenters. The molecule has 1 aliphatic heterocycles. The second-order valence-electron chi connectivity index (χ2n) is 5.40. The van der Waals surface area contributed by atoms with E-state index in [2.05, 4.69) is 15.0 Å². The quantitative estimate of drug-likeness (QED) is 0.811. The van der Waals surface area contributed by atoms with Gasteiger partial charge in [0.1, 0.15) is 11.5 Å². The number of rotatable bonds is 2. The van der Waals surface area contributed by atoms with Gasteiger partial charge >= 0.3 is 6.18 Å². The third-order valence-corrected chi connectivity index (χ3v) is 4.08. The first-order valence-corrected chi connectivity index (χ1v) is 7.77. The average Bonchev–Trinajstić information content (AvgIpc) is 2.61. The molecule has 3 heterocycles. The Labute approximate surface area is 146 Å². The molecule has 6 nitrogen and oxygen atoms in total. The molecule has 0 saturated carbocycles. The number of aromatic nitrogens is 3. The fraction of sp³-hybridized carbons (Fsp3) is 0.333. The summed E-state index contributed by atoms with van der Waals surface area (Å²) in [6.45, 7) is 1.58. The molecule has 0 spiro atoms. The van der Waals surface area contributed by atoms with Crippen LogP contribution in [0.1, 0.15) is 16.1 Å². The number of carbonyl (C=O) groups is 1. The van der Waals surface area contributed by atoms with Crippen molar-refractivity contribution in [2.45, 2.75) is 6.18 Å². The van der Waals surface area contributed by atoms with E-state index in [0.29, 0.717) is 26.2 Å². The van der Waals surface area contributed by atoms with Crippen molar-refractivity contribution in [3.8, 4) is 0 Å². The fourth-order valence-electron chi connectivity index (χ4n) is 2.51. The molecule has 2 aromatic rings. The van der Waals surface area contributed by atoms with E-state index < -0.39 is 11.7 Å². The summed E-state index contributed by atoms with van der Waals surface area (Å²) >= 11 is 5.96.